The molecule has 0 aliphatic rings. The maximum Gasteiger partial charge on any atom is 0.288 e. The molecular formula is C18H13ClF2N4O3. The van der Waals surface area contributed by atoms with Gasteiger partial charge in [-0.2, -0.15) is 5.10 Å². The van der Waals surface area contributed by atoms with E-state index in [2.05, 4.69) is 10.4 Å². The van der Waals surface area contributed by atoms with Crippen molar-refractivity contribution in [2.24, 2.45) is 0 Å². The molecule has 0 spiro atoms. The second-order valence-electron chi connectivity index (χ2n) is 5.95. The van der Waals surface area contributed by atoms with Gasteiger partial charge in [0.2, 0.25) is 0 Å². The molecule has 0 bridgehead atoms. The summed E-state index contributed by atoms with van der Waals surface area (Å²) in [4.78, 5) is 22.8. The van der Waals surface area contributed by atoms with Crippen molar-refractivity contribution in [3.05, 3.63) is 86.1 Å². The summed E-state index contributed by atoms with van der Waals surface area (Å²) in [6.45, 7) is 1.55. The van der Waals surface area contributed by atoms with Gasteiger partial charge in [0, 0.05) is 22.8 Å². The molecule has 1 N–H and O–H groups in total. The van der Waals surface area contributed by atoms with E-state index >= 15 is 0 Å². The molecule has 0 saturated heterocycles. The zero-order valence-electron chi connectivity index (χ0n) is 14.4. The van der Waals surface area contributed by atoms with Gasteiger partial charge in [-0.3, -0.25) is 14.9 Å². The molecule has 1 aromatic heterocycles. The van der Waals surface area contributed by atoms with Crippen LogP contribution in [0.15, 0.2) is 42.6 Å². The van der Waals surface area contributed by atoms with E-state index in [1.54, 1.807) is 6.92 Å². The van der Waals surface area contributed by atoms with Crippen molar-refractivity contribution in [2.75, 3.05) is 5.32 Å². The Morgan fingerprint density at radius 3 is 2.75 bits per heavy atom. The predicted octanol–water partition coefficient (Wildman–Crippen LogP) is 4.33. The van der Waals surface area contributed by atoms with Crippen LogP contribution in [0.1, 0.15) is 21.5 Å². The van der Waals surface area contributed by atoms with Gasteiger partial charge in [0.25, 0.3) is 11.6 Å². The van der Waals surface area contributed by atoms with E-state index < -0.39 is 28.2 Å². The molecule has 28 heavy (non-hydrogen) atoms. The van der Waals surface area contributed by atoms with Crippen molar-refractivity contribution in [2.45, 2.75) is 13.5 Å². The number of hydrogen-bond acceptors (Lipinski definition) is 4. The van der Waals surface area contributed by atoms with Crippen molar-refractivity contribution in [3.63, 3.8) is 0 Å². The first-order valence-corrected chi connectivity index (χ1v) is 8.35. The number of rotatable bonds is 5. The van der Waals surface area contributed by atoms with Crippen molar-refractivity contribution in [1.29, 1.82) is 0 Å². The number of nitro groups is 1. The summed E-state index contributed by atoms with van der Waals surface area (Å²) in [5, 5.41) is 17.6. The molecule has 0 radical (unpaired) electrons. The average molecular weight is 407 g/mol. The maximum atomic E-state index is 13.9. The second kappa shape index (κ2) is 7.73. The molecule has 0 atom stereocenters. The van der Waals surface area contributed by atoms with Crippen LogP contribution in [0.25, 0.3) is 0 Å². The normalized spacial score (nSPS) is 10.7. The third-order valence-electron chi connectivity index (χ3n) is 3.99. The van der Waals surface area contributed by atoms with Gasteiger partial charge in [-0.25, -0.2) is 13.5 Å². The lowest BCUT2D eigenvalue weighted by Crippen LogP contribution is -2.17. The number of hydrogen-bond donors (Lipinski definition) is 1. The lowest BCUT2D eigenvalue weighted by atomic mass is 10.2. The van der Waals surface area contributed by atoms with Gasteiger partial charge in [-0.1, -0.05) is 11.6 Å². The minimum atomic E-state index is -0.693. The minimum Gasteiger partial charge on any atom is -0.307 e. The first-order chi connectivity index (χ1) is 13.3. The van der Waals surface area contributed by atoms with Crippen LogP contribution in [0, 0.1) is 28.7 Å². The van der Waals surface area contributed by atoms with Crippen LogP contribution in [0.3, 0.4) is 0 Å². The largest absolute Gasteiger partial charge is 0.307 e. The van der Waals surface area contributed by atoms with Crippen LogP contribution in [0.2, 0.25) is 5.02 Å². The van der Waals surface area contributed by atoms with Crippen molar-refractivity contribution in [3.8, 4) is 0 Å². The molecule has 2 aromatic carbocycles. The van der Waals surface area contributed by atoms with Gasteiger partial charge in [-0.15, -0.1) is 0 Å². The summed E-state index contributed by atoms with van der Waals surface area (Å²) in [7, 11) is 0. The van der Waals surface area contributed by atoms with Crippen molar-refractivity contribution in [1.82, 2.24) is 9.78 Å². The standard InChI is InChI=1S/C18H13ClF2N4O3/c1-10-8-22-24(9-12-6-13(20)3-5-15(12)21)17(10)23-18(26)11-2-4-14(19)16(7-11)25(27)28/h2-8H,9H2,1H3,(H,23,26). The van der Waals surface area contributed by atoms with Crippen molar-refractivity contribution < 1.29 is 18.5 Å². The first kappa shape index (κ1) is 19.4. The summed E-state index contributed by atoms with van der Waals surface area (Å²) in [6, 6.07) is 6.70. The highest BCUT2D eigenvalue weighted by Gasteiger charge is 2.19. The van der Waals surface area contributed by atoms with Crippen LogP contribution in [-0.2, 0) is 6.54 Å². The Hall–Kier alpha value is -3.33. The summed E-state index contributed by atoms with van der Waals surface area (Å²) >= 11 is 5.75. The van der Waals surface area contributed by atoms with Crippen LogP contribution >= 0.6 is 11.6 Å². The SMILES string of the molecule is Cc1cnn(Cc2cc(F)ccc2F)c1NC(=O)c1ccc(Cl)c([N+](=O)[O-])c1. The number of benzene rings is 2. The Kier molecular flexibility index (Phi) is 5.36. The lowest BCUT2D eigenvalue weighted by molar-refractivity contribution is -0.384. The molecule has 1 heterocycles. The van der Waals surface area contributed by atoms with E-state index in [1.807, 2.05) is 0 Å². The fraction of sp³-hybridized carbons (Fsp3) is 0.111. The summed E-state index contributed by atoms with van der Waals surface area (Å²) in [5.74, 6) is -1.59. The van der Waals surface area contributed by atoms with Gasteiger partial charge in [0.15, 0.2) is 0 Å². The Bertz CT molecular complexity index is 1080. The quantitative estimate of drug-likeness (QED) is 0.504. The molecular weight excluding hydrogens is 394 g/mol. The third kappa shape index (κ3) is 3.99. The molecule has 0 aliphatic carbocycles. The molecule has 1 amide bonds. The van der Waals surface area contributed by atoms with Crippen LogP contribution in [-0.4, -0.2) is 20.6 Å². The van der Waals surface area contributed by atoms with Gasteiger partial charge in [0.05, 0.1) is 17.7 Å². The zero-order valence-corrected chi connectivity index (χ0v) is 15.2. The van der Waals surface area contributed by atoms with Crippen LogP contribution in [0.4, 0.5) is 20.3 Å². The lowest BCUT2D eigenvalue weighted by Gasteiger charge is -2.11. The molecule has 0 fully saturated rings. The summed E-state index contributed by atoms with van der Waals surface area (Å²) in [6.07, 6.45) is 1.46. The summed E-state index contributed by atoms with van der Waals surface area (Å²) < 4.78 is 28.6. The first-order valence-electron chi connectivity index (χ1n) is 7.98. The molecule has 3 rings (SSSR count). The monoisotopic (exact) mass is 406 g/mol. The van der Waals surface area contributed by atoms with Crippen LogP contribution in [0.5, 0.6) is 0 Å². The number of amides is 1. The second-order valence-corrected chi connectivity index (χ2v) is 6.35. The Labute approximate surface area is 162 Å². The predicted molar refractivity (Wildman–Crippen MR) is 98.5 cm³/mol. The number of carbonyl (C=O) groups excluding carboxylic acids is 1. The van der Waals surface area contributed by atoms with E-state index in [1.165, 1.54) is 23.0 Å². The molecule has 0 unspecified atom stereocenters. The highest BCUT2D eigenvalue weighted by atomic mass is 35.5. The molecule has 144 valence electrons. The number of carbonyl (C=O) groups is 1. The topological polar surface area (TPSA) is 90.1 Å². The molecule has 7 nitrogen and oxygen atoms in total. The van der Waals surface area contributed by atoms with E-state index in [-0.39, 0.29) is 28.5 Å². The molecule has 0 saturated carbocycles. The van der Waals surface area contributed by atoms with Gasteiger partial charge in [0.1, 0.15) is 22.5 Å². The fourth-order valence-corrected chi connectivity index (χ4v) is 2.75. The molecule has 3 aromatic rings. The maximum absolute atomic E-state index is 13.9. The summed E-state index contributed by atoms with van der Waals surface area (Å²) in [5.41, 5.74) is 0.246. The van der Waals surface area contributed by atoms with E-state index in [9.17, 15) is 23.7 Å². The number of nitro benzene ring substituents is 1. The molecule has 10 heteroatoms. The number of nitrogens with one attached hydrogen (secondary N) is 1. The Balaban J connectivity index is 1.88. The Morgan fingerprint density at radius 2 is 2.04 bits per heavy atom. The van der Waals surface area contributed by atoms with E-state index in [0.29, 0.717) is 5.56 Å². The van der Waals surface area contributed by atoms with E-state index in [0.717, 1.165) is 24.3 Å². The zero-order chi connectivity index (χ0) is 20.4. The highest BCUT2D eigenvalue weighted by molar-refractivity contribution is 6.32. The van der Waals surface area contributed by atoms with Gasteiger partial charge < -0.3 is 5.32 Å². The number of halogens is 3. The number of aromatic nitrogens is 2. The Morgan fingerprint density at radius 1 is 1.29 bits per heavy atom. The fourth-order valence-electron chi connectivity index (χ4n) is 2.56. The van der Waals surface area contributed by atoms with Gasteiger partial charge in [-0.05, 0) is 37.3 Å². The number of aryl methyl sites for hydroxylation is 1. The van der Waals surface area contributed by atoms with Crippen molar-refractivity contribution >= 4 is 29.0 Å². The third-order valence-corrected chi connectivity index (χ3v) is 4.31. The van der Waals surface area contributed by atoms with E-state index in [4.69, 9.17) is 11.6 Å². The smallest absolute Gasteiger partial charge is 0.288 e. The number of anilines is 1. The molecule has 0 aliphatic heterocycles. The number of nitrogens with zero attached hydrogens (tertiary/aromatic N) is 3. The minimum absolute atomic E-state index is 0.0141. The highest BCUT2D eigenvalue weighted by Crippen LogP contribution is 2.26. The van der Waals surface area contributed by atoms with Gasteiger partial charge >= 0.3 is 0 Å². The average Bonchev–Trinajstić information content (AvgIpc) is 2.98. The van der Waals surface area contributed by atoms with Crippen LogP contribution < -0.4 is 5.32 Å².